The Morgan fingerprint density at radius 1 is 0.905 bits per heavy atom. The van der Waals surface area contributed by atoms with Crippen molar-refractivity contribution in [1.82, 2.24) is 10.2 Å². The van der Waals surface area contributed by atoms with Crippen molar-refractivity contribution in [3.05, 3.63) is 46.4 Å². The molecule has 42 heavy (non-hydrogen) atoms. The van der Waals surface area contributed by atoms with E-state index in [4.69, 9.17) is 17.9 Å². The first-order valence-electron chi connectivity index (χ1n) is 14.5. The summed E-state index contributed by atoms with van der Waals surface area (Å²) in [6, 6.07) is 0. The van der Waals surface area contributed by atoms with E-state index in [1.807, 2.05) is 39.8 Å². The zero-order valence-electron chi connectivity index (χ0n) is 26.6. The molecule has 0 aromatic carbocycles. The molecule has 2 fully saturated rings. The second-order valence-electron chi connectivity index (χ2n) is 13.2. The number of methoxy groups -OCH3 is 2. The molecule has 2 aliphatic heterocycles. The van der Waals surface area contributed by atoms with Gasteiger partial charge in [-0.05, 0) is 48.6 Å². The fraction of sp³-hybridized carbons (Fsp3) is 0.750. The Balaban J connectivity index is 0.000000360. The van der Waals surface area contributed by atoms with Crippen molar-refractivity contribution in [2.24, 2.45) is 33.5 Å². The van der Waals surface area contributed by atoms with Crippen LogP contribution < -0.4 is 5.32 Å². The number of allylic oxidation sites excluding steroid dienone is 2. The van der Waals surface area contributed by atoms with Crippen LogP contribution >= 0.6 is 28.3 Å². The minimum atomic E-state index is -0.434. The summed E-state index contributed by atoms with van der Waals surface area (Å²) in [7, 11) is 3.40. The molecule has 0 amide bonds. The maximum absolute atomic E-state index is 12.4. The van der Waals surface area contributed by atoms with Crippen molar-refractivity contribution >= 4 is 39.9 Å². The number of Topliss-reactive ketones (excluding diaryl/α,β-unsaturated/α-hetero) is 2. The van der Waals surface area contributed by atoms with Gasteiger partial charge in [0.05, 0.1) is 26.4 Å². The van der Waals surface area contributed by atoms with E-state index in [1.165, 1.54) is 0 Å². The SMILES string of the molecule is COCCBr.Cl.[C-]#[N+]C1=C[C@@]2(C)CN(CCOC)CC[C@@H]2C(C)(C)C1=O.[C-]#[N+]C1=C[C@@]2(C)CNCC[C@@H]2C(C)(C)C1=O. The molecule has 0 aromatic rings. The van der Waals surface area contributed by atoms with Crippen molar-refractivity contribution in [1.29, 1.82) is 0 Å². The number of nitrogens with zero attached hydrogens (tertiary/aromatic N) is 3. The minimum absolute atomic E-state index is 0. The fourth-order valence-electron chi connectivity index (χ4n) is 7.42. The smallest absolute Gasteiger partial charge is 0.226 e. The van der Waals surface area contributed by atoms with Gasteiger partial charge in [0.25, 0.3) is 0 Å². The number of hydrogen-bond donors (Lipinski definition) is 1. The Kier molecular flexibility index (Phi) is 14.6. The summed E-state index contributed by atoms with van der Waals surface area (Å²) < 4.78 is 9.80. The first kappa shape index (κ1) is 38.4. The predicted molar refractivity (Wildman–Crippen MR) is 173 cm³/mol. The van der Waals surface area contributed by atoms with Crippen LogP contribution in [0.1, 0.15) is 54.4 Å². The van der Waals surface area contributed by atoms with Gasteiger partial charge in [-0.1, -0.05) is 69.6 Å². The molecule has 8 nitrogen and oxygen atoms in total. The van der Waals surface area contributed by atoms with Gasteiger partial charge in [0.1, 0.15) is 0 Å². The van der Waals surface area contributed by atoms with Crippen LogP contribution in [0.2, 0.25) is 0 Å². The molecule has 0 bridgehead atoms. The molecule has 0 aromatic heterocycles. The molecule has 2 saturated heterocycles. The number of carbonyl (C=O) groups excluding carboxylic acids is 2. The van der Waals surface area contributed by atoms with E-state index < -0.39 is 10.8 Å². The van der Waals surface area contributed by atoms with Crippen LogP contribution in [0.15, 0.2) is 23.5 Å². The average Bonchev–Trinajstić information content (AvgIpc) is 2.92. The quantitative estimate of drug-likeness (QED) is 0.293. The maximum atomic E-state index is 12.4. The van der Waals surface area contributed by atoms with Gasteiger partial charge in [0.15, 0.2) is 11.6 Å². The van der Waals surface area contributed by atoms with Gasteiger partial charge in [0.2, 0.25) is 11.4 Å². The molecule has 10 heteroatoms. The molecule has 0 unspecified atom stereocenters. The summed E-state index contributed by atoms with van der Waals surface area (Å²) in [5, 5.41) is 4.30. The molecule has 0 spiro atoms. The van der Waals surface area contributed by atoms with Crippen LogP contribution in [0.25, 0.3) is 9.69 Å². The maximum Gasteiger partial charge on any atom is 0.226 e. The van der Waals surface area contributed by atoms with E-state index in [0.29, 0.717) is 23.2 Å². The van der Waals surface area contributed by atoms with E-state index >= 15 is 0 Å². The average molecular weight is 670 g/mol. The van der Waals surface area contributed by atoms with Gasteiger partial charge in [-0.15, -0.1) is 12.4 Å². The normalized spacial score (nSPS) is 31.0. The number of likely N-dealkylation sites (tertiary alicyclic amines) is 1. The van der Waals surface area contributed by atoms with Gasteiger partial charge in [-0.3, -0.25) is 0 Å². The number of halogens is 2. The number of hydrogen-bond acceptors (Lipinski definition) is 6. The van der Waals surface area contributed by atoms with Crippen molar-refractivity contribution in [3.8, 4) is 0 Å². The number of ketones is 2. The fourth-order valence-corrected chi connectivity index (χ4v) is 7.75. The second kappa shape index (κ2) is 15.9. The van der Waals surface area contributed by atoms with Gasteiger partial charge in [-0.25, -0.2) is 9.69 Å². The van der Waals surface area contributed by atoms with Crippen LogP contribution in [0.4, 0.5) is 0 Å². The van der Waals surface area contributed by atoms with Crippen molar-refractivity contribution in [2.75, 3.05) is 65.5 Å². The first-order valence-corrected chi connectivity index (χ1v) is 15.6. The summed E-state index contributed by atoms with van der Waals surface area (Å²) in [5.74, 6) is 0.693. The Morgan fingerprint density at radius 3 is 1.86 bits per heavy atom. The first-order chi connectivity index (χ1) is 19.2. The summed E-state index contributed by atoms with van der Waals surface area (Å²) in [6.45, 7) is 32.9. The topological polar surface area (TPSA) is 76.6 Å². The largest absolute Gasteiger partial charge is 0.384 e. The van der Waals surface area contributed by atoms with Crippen molar-refractivity contribution in [3.63, 3.8) is 0 Å². The van der Waals surface area contributed by atoms with Gasteiger partial charge in [0, 0.05) is 50.0 Å². The number of carbonyl (C=O) groups is 2. The Bertz CT molecular complexity index is 1110. The summed E-state index contributed by atoms with van der Waals surface area (Å²) in [6.07, 6.45) is 5.83. The van der Waals surface area contributed by atoms with Crippen molar-refractivity contribution < 1.29 is 19.1 Å². The summed E-state index contributed by atoms with van der Waals surface area (Å²) in [5.41, 5.74) is -0.323. The lowest BCUT2D eigenvalue weighted by molar-refractivity contribution is -0.132. The number of rotatable bonds is 5. The lowest BCUT2D eigenvalue weighted by Crippen LogP contribution is -2.55. The number of nitrogens with one attached hydrogen (secondary N) is 1. The van der Waals surface area contributed by atoms with Crippen LogP contribution in [0.5, 0.6) is 0 Å². The molecule has 0 saturated carbocycles. The molecule has 4 atom stereocenters. The monoisotopic (exact) mass is 668 g/mol. The van der Waals surface area contributed by atoms with Crippen molar-refractivity contribution in [2.45, 2.75) is 54.4 Å². The Labute approximate surface area is 268 Å². The lowest BCUT2D eigenvalue weighted by Gasteiger charge is -2.53. The van der Waals surface area contributed by atoms with Crippen LogP contribution in [0, 0.1) is 46.6 Å². The highest BCUT2D eigenvalue weighted by molar-refractivity contribution is 9.09. The summed E-state index contributed by atoms with van der Waals surface area (Å²) >= 11 is 3.18. The molecule has 4 rings (SSSR count). The molecule has 0 radical (unpaired) electrons. The number of ether oxygens (including phenoxy) is 2. The highest BCUT2D eigenvalue weighted by Gasteiger charge is 2.53. The molecule has 236 valence electrons. The van der Waals surface area contributed by atoms with E-state index in [1.54, 1.807) is 14.2 Å². The van der Waals surface area contributed by atoms with Crippen LogP contribution in [-0.2, 0) is 19.1 Å². The summed E-state index contributed by atoms with van der Waals surface area (Å²) in [4.78, 5) is 33.8. The molecular formula is C32H50BrClN4O4. The number of alkyl halides is 1. The second-order valence-corrected chi connectivity index (χ2v) is 14.0. The van der Waals surface area contributed by atoms with E-state index in [9.17, 15) is 9.59 Å². The molecule has 1 N–H and O–H groups in total. The highest BCUT2D eigenvalue weighted by atomic mass is 79.9. The van der Waals surface area contributed by atoms with E-state index in [-0.39, 0.29) is 34.8 Å². The predicted octanol–water partition coefficient (Wildman–Crippen LogP) is 5.84. The third kappa shape index (κ3) is 8.31. The van der Waals surface area contributed by atoms with Crippen LogP contribution in [0.3, 0.4) is 0 Å². The third-order valence-corrected chi connectivity index (χ3v) is 9.77. The van der Waals surface area contributed by atoms with Gasteiger partial charge in [-0.2, -0.15) is 0 Å². The van der Waals surface area contributed by atoms with Gasteiger partial charge >= 0.3 is 0 Å². The number of piperidine rings is 2. The van der Waals surface area contributed by atoms with E-state index in [2.05, 4.69) is 54.4 Å². The minimum Gasteiger partial charge on any atom is -0.384 e. The molecular weight excluding hydrogens is 620 g/mol. The number of fused-ring (bicyclic) bond motifs is 2. The Morgan fingerprint density at radius 2 is 1.40 bits per heavy atom. The lowest BCUT2D eigenvalue weighted by atomic mass is 9.55. The zero-order valence-corrected chi connectivity index (χ0v) is 29.0. The standard InChI is InChI=1S/C16H24N2O2.C13H18N2O.C3H7BrO.ClH/c1-15(2)13-6-7-18(8-9-20-5)11-16(13,3)10-12(17-4)14(15)19;1-12(2)10-5-6-15-8-13(10,3)7-9(14-4)11(12)16;1-5-3-2-4;/h10,13H,6-9,11H2,1-3,5H3;7,10,15H,5-6,8H2,1-3H3;2-3H2,1H3;1H/t13-,16+;10-,13+;;/m11../s1. The molecule has 4 aliphatic rings. The highest BCUT2D eigenvalue weighted by Crippen LogP contribution is 2.52. The van der Waals surface area contributed by atoms with E-state index in [0.717, 1.165) is 64.1 Å². The molecule has 2 heterocycles. The Hall–Kier alpha value is -1.59. The van der Waals surface area contributed by atoms with Gasteiger partial charge < -0.3 is 29.3 Å². The van der Waals surface area contributed by atoms with Crippen LogP contribution in [-0.4, -0.2) is 82.0 Å². The zero-order chi connectivity index (χ0) is 31.1. The third-order valence-electron chi connectivity index (χ3n) is 9.45. The molecule has 2 aliphatic carbocycles.